The Morgan fingerprint density at radius 2 is 2.21 bits per heavy atom. The van der Waals surface area contributed by atoms with Crippen LogP contribution < -0.4 is 15.5 Å². The van der Waals surface area contributed by atoms with Crippen molar-refractivity contribution in [3.05, 3.63) is 70.9 Å². The fraction of sp³-hybridized carbons (Fsp3) is 0.261. The lowest BCUT2D eigenvalue weighted by Crippen LogP contribution is -2.21. The van der Waals surface area contributed by atoms with Gasteiger partial charge in [-0.1, -0.05) is 18.2 Å². The van der Waals surface area contributed by atoms with Gasteiger partial charge in [-0.3, -0.25) is 10.0 Å². The minimum atomic E-state index is -0.528. The Morgan fingerprint density at radius 3 is 3.03 bits per heavy atom. The van der Waals surface area contributed by atoms with Crippen LogP contribution in [0.4, 0.5) is 0 Å². The molecule has 1 unspecified atom stereocenters. The summed E-state index contributed by atoms with van der Waals surface area (Å²) in [5.74, 6) is 0.345. The number of methoxy groups -OCH3 is 1. The summed E-state index contributed by atoms with van der Waals surface area (Å²) < 4.78 is 5.35. The molecule has 0 saturated carbocycles. The molecule has 1 atom stereocenters. The number of aromatic amines is 1. The van der Waals surface area contributed by atoms with Crippen molar-refractivity contribution < 1.29 is 14.7 Å². The van der Waals surface area contributed by atoms with Crippen LogP contribution in [0.2, 0.25) is 0 Å². The molecular formula is C23H25N3O3. The molecule has 1 heterocycles. The SMILES string of the molecule is COc1ccc2[nH]cc(CCNC3CCc4cc(/C=C/C(=O)NO)ccc43)c2c1. The molecule has 2 aromatic carbocycles. The Kier molecular flexibility index (Phi) is 5.64. The Hall–Kier alpha value is -3.09. The number of fused-ring (bicyclic) bond motifs is 2. The predicted molar refractivity (Wildman–Crippen MR) is 113 cm³/mol. The van der Waals surface area contributed by atoms with Crippen molar-refractivity contribution in [1.82, 2.24) is 15.8 Å². The van der Waals surface area contributed by atoms with Crippen LogP contribution >= 0.6 is 0 Å². The number of ether oxygens (including phenoxy) is 1. The molecule has 4 rings (SSSR count). The van der Waals surface area contributed by atoms with Gasteiger partial charge >= 0.3 is 0 Å². The van der Waals surface area contributed by atoms with Crippen LogP contribution in [0.3, 0.4) is 0 Å². The number of benzene rings is 2. The summed E-state index contributed by atoms with van der Waals surface area (Å²) in [6, 6.07) is 12.7. The molecule has 150 valence electrons. The van der Waals surface area contributed by atoms with Gasteiger partial charge in [0.05, 0.1) is 7.11 Å². The molecule has 6 heteroatoms. The van der Waals surface area contributed by atoms with Gasteiger partial charge in [0, 0.05) is 29.2 Å². The fourth-order valence-electron chi connectivity index (χ4n) is 4.03. The summed E-state index contributed by atoms with van der Waals surface area (Å²) in [5.41, 5.74) is 7.61. The summed E-state index contributed by atoms with van der Waals surface area (Å²) in [7, 11) is 1.69. The van der Waals surface area contributed by atoms with Crippen molar-refractivity contribution in [1.29, 1.82) is 0 Å². The van der Waals surface area contributed by atoms with Crippen molar-refractivity contribution in [3.63, 3.8) is 0 Å². The maximum Gasteiger partial charge on any atom is 0.267 e. The van der Waals surface area contributed by atoms with Gasteiger partial charge in [-0.05, 0) is 72.3 Å². The number of carbonyl (C=O) groups is 1. The number of carbonyl (C=O) groups excluding carboxylic acids is 1. The van der Waals surface area contributed by atoms with E-state index in [2.05, 4.69) is 40.8 Å². The average molecular weight is 391 g/mol. The van der Waals surface area contributed by atoms with Gasteiger partial charge in [0.25, 0.3) is 5.91 Å². The highest BCUT2D eigenvalue weighted by Crippen LogP contribution is 2.32. The number of aryl methyl sites for hydroxylation is 1. The van der Waals surface area contributed by atoms with E-state index < -0.39 is 5.91 Å². The Bertz CT molecular complexity index is 1050. The first-order valence-electron chi connectivity index (χ1n) is 9.80. The van der Waals surface area contributed by atoms with Crippen molar-refractivity contribution in [2.24, 2.45) is 0 Å². The second-order valence-electron chi connectivity index (χ2n) is 7.29. The lowest BCUT2D eigenvalue weighted by atomic mass is 10.0. The Morgan fingerprint density at radius 1 is 1.31 bits per heavy atom. The normalized spacial score (nSPS) is 15.7. The Balaban J connectivity index is 1.39. The summed E-state index contributed by atoms with van der Waals surface area (Å²) in [5, 5.41) is 13.5. The third-order valence-corrected chi connectivity index (χ3v) is 5.54. The van der Waals surface area contributed by atoms with Crippen LogP contribution in [-0.2, 0) is 17.6 Å². The van der Waals surface area contributed by atoms with E-state index in [1.807, 2.05) is 12.1 Å². The van der Waals surface area contributed by atoms with Gasteiger partial charge in [-0.2, -0.15) is 0 Å². The monoisotopic (exact) mass is 391 g/mol. The summed E-state index contributed by atoms with van der Waals surface area (Å²) in [6.45, 7) is 0.895. The zero-order valence-corrected chi connectivity index (χ0v) is 16.4. The fourth-order valence-corrected chi connectivity index (χ4v) is 4.03. The van der Waals surface area contributed by atoms with Crippen LogP contribution in [-0.4, -0.2) is 29.8 Å². The van der Waals surface area contributed by atoms with Crippen LogP contribution in [0.5, 0.6) is 5.75 Å². The summed E-state index contributed by atoms with van der Waals surface area (Å²) in [4.78, 5) is 14.5. The number of hydroxylamine groups is 1. The number of rotatable bonds is 7. The second kappa shape index (κ2) is 8.51. The number of aromatic nitrogens is 1. The molecule has 1 amide bonds. The third-order valence-electron chi connectivity index (χ3n) is 5.54. The number of hydrogen-bond acceptors (Lipinski definition) is 4. The van der Waals surface area contributed by atoms with Crippen LogP contribution in [0.1, 0.15) is 34.7 Å². The number of amides is 1. The van der Waals surface area contributed by atoms with Crippen molar-refractivity contribution in [2.45, 2.75) is 25.3 Å². The third kappa shape index (κ3) is 4.18. The number of nitrogens with one attached hydrogen (secondary N) is 3. The van der Waals surface area contributed by atoms with Gasteiger partial charge in [-0.25, -0.2) is 5.48 Å². The first kappa shape index (κ1) is 19.2. The van der Waals surface area contributed by atoms with Crippen molar-refractivity contribution in [3.8, 4) is 5.75 Å². The number of hydrogen-bond donors (Lipinski definition) is 4. The van der Waals surface area contributed by atoms with E-state index in [-0.39, 0.29) is 0 Å². The van der Waals surface area contributed by atoms with E-state index in [1.165, 1.54) is 28.2 Å². The topological polar surface area (TPSA) is 86.4 Å². The molecule has 1 aliphatic rings. The van der Waals surface area contributed by atoms with Crippen LogP contribution in [0, 0.1) is 0 Å². The predicted octanol–water partition coefficient (Wildman–Crippen LogP) is 3.51. The molecule has 0 bridgehead atoms. The smallest absolute Gasteiger partial charge is 0.267 e. The van der Waals surface area contributed by atoms with E-state index in [1.54, 1.807) is 18.7 Å². The molecular weight excluding hydrogens is 366 g/mol. The van der Waals surface area contributed by atoms with Crippen LogP contribution in [0.25, 0.3) is 17.0 Å². The standard InChI is InChI=1S/C23H25N3O3/c1-29-18-5-8-22-20(13-18)17(14-25-22)10-11-24-21-7-4-16-12-15(2-6-19(16)21)3-9-23(27)26-28/h2-3,5-6,8-9,12-14,21,24-25,28H,4,7,10-11H2,1H3,(H,26,27)/b9-3+. The van der Waals surface area contributed by atoms with E-state index in [0.29, 0.717) is 6.04 Å². The zero-order chi connectivity index (χ0) is 20.2. The van der Waals surface area contributed by atoms with E-state index in [0.717, 1.165) is 42.6 Å². The summed E-state index contributed by atoms with van der Waals surface area (Å²) in [6.07, 6.45) is 8.14. The molecule has 0 spiro atoms. The molecule has 6 nitrogen and oxygen atoms in total. The quantitative estimate of drug-likeness (QED) is 0.282. The summed E-state index contributed by atoms with van der Waals surface area (Å²) >= 11 is 0. The molecule has 4 N–H and O–H groups in total. The molecule has 1 aromatic heterocycles. The highest BCUT2D eigenvalue weighted by Gasteiger charge is 2.21. The zero-order valence-electron chi connectivity index (χ0n) is 16.4. The second-order valence-corrected chi connectivity index (χ2v) is 7.29. The van der Waals surface area contributed by atoms with Crippen molar-refractivity contribution in [2.75, 3.05) is 13.7 Å². The molecule has 0 radical (unpaired) electrons. The van der Waals surface area contributed by atoms with Gasteiger partial charge in [0.2, 0.25) is 0 Å². The molecule has 3 aromatic rings. The molecule has 29 heavy (non-hydrogen) atoms. The average Bonchev–Trinajstić information content (AvgIpc) is 3.35. The first-order valence-corrected chi connectivity index (χ1v) is 9.80. The largest absolute Gasteiger partial charge is 0.497 e. The van der Waals surface area contributed by atoms with E-state index >= 15 is 0 Å². The lowest BCUT2D eigenvalue weighted by Gasteiger charge is -2.14. The lowest BCUT2D eigenvalue weighted by molar-refractivity contribution is -0.124. The van der Waals surface area contributed by atoms with Gasteiger partial charge in [0.1, 0.15) is 5.75 Å². The van der Waals surface area contributed by atoms with Crippen LogP contribution in [0.15, 0.2) is 48.7 Å². The molecule has 0 saturated heterocycles. The maximum absolute atomic E-state index is 11.1. The van der Waals surface area contributed by atoms with E-state index in [9.17, 15) is 4.79 Å². The molecule has 1 aliphatic carbocycles. The highest BCUT2D eigenvalue weighted by molar-refractivity contribution is 5.90. The van der Waals surface area contributed by atoms with Gasteiger partial charge in [-0.15, -0.1) is 0 Å². The minimum Gasteiger partial charge on any atom is -0.497 e. The molecule has 0 aliphatic heterocycles. The minimum absolute atomic E-state index is 0.350. The first-order chi connectivity index (χ1) is 14.2. The number of H-pyrrole nitrogens is 1. The van der Waals surface area contributed by atoms with E-state index in [4.69, 9.17) is 9.94 Å². The van der Waals surface area contributed by atoms with Crippen molar-refractivity contribution >= 4 is 22.9 Å². The maximum atomic E-state index is 11.1. The van der Waals surface area contributed by atoms with Gasteiger partial charge < -0.3 is 15.0 Å². The molecule has 0 fully saturated rings. The highest BCUT2D eigenvalue weighted by atomic mass is 16.5. The van der Waals surface area contributed by atoms with Gasteiger partial charge in [0.15, 0.2) is 0 Å². The Labute approximate surface area is 169 Å².